The highest BCUT2D eigenvalue weighted by molar-refractivity contribution is 5.74. The van der Waals surface area contributed by atoms with Crippen LogP contribution in [0.3, 0.4) is 0 Å². The Morgan fingerprint density at radius 1 is 1.39 bits per heavy atom. The molecule has 0 bridgehead atoms. The molecule has 0 spiro atoms. The average Bonchev–Trinajstić information content (AvgIpc) is 2.27. The second-order valence-electron chi connectivity index (χ2n) is 6.44. The number of nitrogens with zero attached hydrogens (tertiary/aromatic N) is 1. The van der Waals surface area contributed by atoms with Crippen LogP contribution in [-0.4, -0.2) is 42.3 Å². The maximum Gasteiger partial charge on any atom is 0.317 e. The van der Waals surface area contributed by atoms with Crippen LogP contribution in [0.15, 0.2) is 0 Å². The third kappa shape index (κ3) is 3.61. The lowest BCUT2D eigenvalue weighted by atomic mass is 9.94. The van der Waals surface area contributed by atoms with Gasteiger partial charge in [-0.1, -0.05) is 6.92 Å². The Balaban J connectivity index is 1.83. The van der Waals surface area contributed by atoms with Gasteiger partial charge in [0, 0.05) is 25.7 Å². The maximum absolute atomic E-state index is 12.2. The lowest BCUT2D eigenvalue weighted by molar-refractivity contribution is -0.0616. The molecule has 2 saturated heterocycles. The van der Waals surface area contributed by atoms with E-state index in [0.717, 1.165) is 39.0 Å². The predicted octanol–water partition coefficient (Wildman–Crippen LogP) is 2.39. The Hall–Kier alpha value is -0.770. The van der Waals surface area contributed by atoms with Gasteiger partial charge in [0.2, 0.25) is 0 Å². The number of carbonyl (C=O) groups excluding carboxylic acids is 1. The molecule has 0 aliphatic carbocycles. The Morgan fingerprint density at radius 3 is 2.83 bits per heavy atom. The fraction of sp³-hybridized carbons (Fsp3) is 0.929. The van der Waals surface area contributed by atoms with Gasteiger partial charge in [-0.3, -0.25) is 0 Å². The standard InChI is InChI=1S/C14H26N2O2/c1-11-5-4-7-16(10-11)13(17)15-12-6-8-18-14(2,3)9-12/h11-12H,4-10H2,1-3H3,(H,15,17). The van der Waals surface area contributed by atoms with E-state index in [9.17, 15) is 4.79 Å². The number of likely N-dealkylation sites (tertiary alicyclic amines) is 1. The van der Waals surface area contributed by atoms with Crippen LogP contribution in [0.1, 0.15) is 46.5 Å². The first-order valence-electron chi connectivity index (χ1n) is 7.16. The minimum absolute atomic E-state index is 0.106. The van der Waals surface area contributed by atoms with E-state index in [1.165, 1.54) is 6.42 Å². The highest BCUT2D eigenvalue weighted by atomic mass is 16.5. The Morgan fingerprint density at radius 2 is 2.17 bits per heavy atom. The zero-order valence-electron chi connectivity index (χ0n) is 11.9. The first kappa shape index (κ1) is 13.7. The smallest absolute Gasteiger partial charge is 0.317 e. The van der Waals surface area contributed by atoms with Crippen LogP contribution in [0.25, 0.3) is 0 Å². The van der Waals surface area contributed by atoms with Crippen molar-refractivity contribution in [3.8, 4) is 0 Å². The average molecular weight is 254 g/mol. The van der Waals surface area contributed by atoms with Gasteiger partial charge < -0.3 is 15.0 Å². The molecule has 2 rings (SSSR count). The summed E-state index contributed by atoms with van der Waals surface area (Å²) >= 11 is 0. The molecule has 2 atom stereocenters. The van der Waals surface area contributed by atoms with Gasteiger partial charge in [-0.15, -0.1) is 0 Å². The molecule has 1 N–H and O–H groups in total. The quantitative estimate of drug-likeness (QED) is 0.780. The number of rotatable bonds is 1. The normalized spacial score (nSPS) is 32.1. The number of carbonyl (C=O) groups is 1. The van der Waals surface area contributed by atoms with Crippen LogP contribution >= 0.6 is 0 Å². The van der Waals surface area contributed by atoms with Crippen molar-refractivity contribution in [3.63, 3.8) is 0 Å². The highest BCUT2D eigenvalue weighted by Gasteiger charge is 2.31. The first-order valence-corrected chi connectivity index (χ1v) is 7.16. The van der Waals surface area contributed by atoms with Gasteiger partial charge in [-0.25, -0.2) is 4.79 Å². The largest absolute Gasteiger partial charge is 0.375 e. The van der Waals surface area contributed by atoms with E-state index in [-0.39, 0.29) is 17.7 Å². The van der Waals surface area contributed by atoms with E-state index < -0.39 is 0 Å². The zero-order valence-corrected chi connectivity index (χ0v) is 11.9. The van der Waals surface area contributed by atoms with E-state index in [2.05, 4.69) is 26.1 Å². The number of urea groups is 1. The minimum atomic E-state index is -0.106. The van der Waals surface area contributed by atoms with Gasteiger partial charge >= 0.3 is 6.03 Å². The maximum atomic E-state index is 12.2. The monoisotopic (exact) mass is 254 g/mol. The molecule has 2 amide bonds. The highest BCUT2D eigenvalue weighted by Crippen LogP contribution is 2.24. The topological polar surface area (TPSA) is 41.6 Å². The molecule has 2 unspecified atom stereocenters. The van der Waals surface area contributed by atoms with Crippen molar-refractivity contribution in [3.05, 3.63) is 0 Å². The number of hydrogen-bond acceptors (Lipinski definition) is 2. The van der Waals surface area contributed by atoms with Gasteiger partial charge in [0.25, 0.3) is 0 Å². The molecule has 0 aromatic heterocycles. The summed E-state index contributed by atoms with van der Waals surface area (Å²) in [7, 11) is 0. The number of ether oxygens (including phenoxy) is 1. The molecule has 0 radical (unpaired) electrons. The van der Waals surface area contributed by atoms with Crippen molar-refractivity contribution in [1.82, 2.24) is 10.2 Å². The molecule has 4 nitrogen and oxygen atoms in total. The molecule has 0 aromatic carbocycles. The van der Waals surface area contributed by atoms with Crippen LogP contribution in [-0.2, 0) is 4.74 Å². The Labute approximate surface area is 110 Å². The van der Waals surface area contributed by atoms with Crippen molar-refractivity contribution >= 4 is 6.03 Å². The van der Waals surface area contributed by atoms with Crippen LogP contribution in [0, 0.1) is 5.92 Å². The van der Waals surface area contributed by atoms with E-state index in [0.29, 0.717) is 5.92 Å². The predicted molar refractivity (Wildman–Crippen MR) is 71.6 cm³/mol. The number of amides is 2. The second kappa shape index (κ2) is 5.47. The van der Waals surface area contributed by atoms with Crippen LogP contribution in [0.5, 0.6) is 0 Å². The lowest BCUT2D eigenvalue weighted by Crippen LogP contribution is -2.52. The molecule has 2 aliphatic heterocycles. The molecule has 2 aliphatic rings. The molecule has 18 heavy (non-hydrogen) atoms. The van der Waals surface area contributed by atoms with Gasteiger partial charge in [0.1, 0.15) is 0 Å². The number of piperidine rings is 1. The van der Waals surface area contributed by atoms with Crippen molar-refractivity contribution in [2.24, 2.45) is 5.92 Å². The summed E-state index contributed by atoms with van der Waals surface area (Å²) in [4.78, 5) is 14.2. The molecule has 0 aromatic rings. The summed E-state index contributed by atoms with van der Waals surface area (Å²) < 4.78 is 5.67. The fourth-order valence-electron chi connectivity index (χ4n) is 2.99. The molecule has 0 saturated carbocycles. The van der Waals surface area contributed by atoms with Gasteiger partial charge in [0.05, 0.1) is 5.60 Å². The van der Waals surface area contributed by atoms with E-state index >= 15 is 0 Å². The Bertz CT molecular complexity index is 304. The van der Waals surface area contributed by atoms with Crippen LogP contribution in [0.4, 0.5) is 4.79 Å². The van der Waals surface area contributed by atoms with Crippen molar-refractivity contribution in [2.75, 3.05) is 19.7 Å². The van der Waals surface area contributed by atoms with Crippen molar-refractivity contribution < 1.29 is 9.53 Å². The summed E-state index contributed by atoms with van der Waals surface area (Å²) in [5, 5.41) is 3.17. The van der Waals surface area contributed by atoms with E-state index in [1.54, 1.807) is 0 Å². The summed E-state index contributed by atoms with van der Waals surface area (Å²) in [6.07, 6.45) is 4.21. The van der Waals surface area contributed by atoms with Gasteiger partial charge in [0.15, 0.2) is 0 Å². The molecule has 4 heteroatoms. The molecular formula is C14H26N2O2. The van der Waals surface area contributed by atoms with Crippen molar-refractivity contribution in [2.45, 2.75) is 58.1 Å². The fourth-order valence-corrected chi connectivity index (χ4v) is 2.99. The summed E-state index contributed by atoms with van der Waals surface area (Å²) in [5.74, 6) is 0.635. The molecular weight excluding hydrogens is 228 g/mol. The first-order chi connectivity index (χ1) is 8.46. The van der Waals surface area contributed by atoms with Gasteiger partial charge in [-0.2, -0.15) is 0 Å². The van der Waals surface area contributed by atoms with Crippen LogP contribution in [0.2, 0.25) is 0 Å². The summed E-state index contributed by atoms with van der Waals surface area (Å²) in [6, 6.07) is 0.378. The zero-order chi connectivity index (χ0) is 13.2. The van der Waals surface area contributed by atoms with Crippen LogP contribution < -0.4 is 5.32 Å². The van der Waals surface area contributed by atoms with E-state index in [1.807, 2.05) is 4.90 Å². The second-order valence-corrected chi connectivity index (χ2v) is 6.44. The third-order valence-corrected chi connectivity index (χ3v) is 3.97. The third-order valence-electron chi connectivity index (χ3n) is 3.97. The molecule has 2 heterocycles. The summed E-state index contributed by atoms with van der Waals surface area (Å²) in [6.45, 7) is 8.95. The molecule has 104 valence electrons. The van der Waals surface area contributed by atoms with Crippen molar-refractivity contribution in [1.29, 1.82) is 0 Å². The summed E-state index contributed by atoms with van der Waals surface area (Å²) in [5.41, 5.74) is -0.106. The number of hydrogen-bond donors (Lipinski definition) is 1. The SMILES string of the molecule is CC1CCCN(C(=O)NC2CCOC(C)(C)C2)C1. The number of nitrogens with one attached hydrogen (secondary N) is 1. The minimum Gasteiger partial charge on any atom is -0.375 e. The molecule has 2 fully saturated rings. The Kier molecular flexibility index (Phi) is 4.15. The van der Waals surface area contributed by atoms with E-state index in [4.69, 9.17) is 4.74 Å². The van der Waals surface area contributed by atoms with Gasteiger partial charge in [-0.05, 0) is 45.4 Å². The lowest BCUT2D eigenvalue weighted by Gasteiger charge is -2.38.